The fourth-order valence-corrected chi connectivity index (χ4v) is 2.88. The van der Waals surface area contributed by atoms with Crippen molar-refractivity contribution in [2.24, 2.45) is 0 Å². The highest BCUT2D eigenvalue weighted by Gasteiger charge is 2.55. The minimum Gasteiger partial charge on any atom is -0.423 e. The number of aliphatic hydroxyl groups is 2. The molecule has 1 saturated heterocycles. The van der Waals surface area contributed by atoms with Crippen LogP contribution in [0.5, 0.6) is 0 Å². The second-order valence-corrected chi connectivity index (χ2v) is 5.63. The predicted molar refractivity (Wildman–Crippen MR) is 78.3 cm³/mol. The number of alkyl halides is 1. The number of nitrogens with zero attached hydrogens (tertiary/aromatic N) is 3. The van der Waals surface area contributed by atoms with Gasteiger partial charge in [0.2, 0.25) is 0 Å². The van der Waals surface area contributed by atoms with Crippen molar-refractivity contribution in [3.63, 3.8) is 0 Å². The van der Waals surface area contributed by atoms with Gasteiger partial charge in [-0.2, -0.15) is 0 Å². The normalized spacial score (nSPS) is 31.0. The molecule has 6 N–H and O–H groups in total. The molecule has 0 aliphatic carbocycles. The number of nitrogens with two attached hydrogens (primary N) is 1. The van der Waals surface area contributed by atoms with Gasteiger partial charge in [-0.3, -0.25) is 0 Å². The fraction of sp³-hybridized carbons (Fsp3) is 0.500. The van der Waals surface area contributed by atoms with Gasteiger partial charge in [0.25, 0.3) is 0 Å². The van der Waals surface area contributed by atoms with E-state index in [-0.39, 0.29) is 22.3 Å². The summed E-state index contributed by atoms with van der Waals surface area (Å²) >= 11 is 0. The lowest BCUT2D eigenvalue weighted by Crippen LogP contribution is -2.40. The van der Waals surface area contributed by atoms with Crippen LogP contribution < -0.4 is 11.2 Å². The summed E-state index contributed by atoms with van der Waals surface area (Å²) in [5, 5.41) is 38.3. The second-order valence-electron chi connectivity index (χ2n) is 5.63. The number of aromatic nitrogens is 3. The van der Waals surface area contributed by atoms with Crippen LogP contribution >= 0.6 is 0 Å². The van der Waals surface area contributed by atoms with Crippen LogP contribution in [0.25, 0.3) is 11.0 Å². The van der Waals surface area contributed by atoms with Crippen molar-refractivity contribution in [1.82, 2.24) is 14.5 Å². The molecule has 11 heteroatoms. The summed E-state index contributed by atoms with van der Waals surface area (Å²) < 4.78 is 21.5. The molecule has 0 amide bonds. The van der Waals surface area contributed by atoms with Crippen molar-refractivity contribution in [1.29, 1.82) is 0 Å². The fourth-order valence-electron chi connectivity index (χ4n) is 2.88. The summed E-state index contributed by atoms with van der Waals surface area (Å²) in [5.74, 6) is -0.00494. The molecule has 0 radical (unpaired) electrons. The quantitative estimate of drug-likeness (QED) is 0.395. The Balaban J connectivity index is 2.19. The van der Waals surface area contributed by atoms with Gasteiger partial charge in [-0.15, -0.1) is 0 Å². The Labute approximate surface area is 130 Å². The van der Waals surface area contributed by atoms with Crippen LogP contribution in [-0.4, -0.2) is 66.4 Å². The van der Waals surface area contributed by atoms with Crippen LogP contribution in [0.3, 0.4) is 0 Å². The van der Waals surface area contributed by atoms with Crippen molar-refractivity contribution >= 4 is 29.4 Å². The maximum atomic E-state index is 14.9. The maximum Gasteiger partial charge on any atom is 0.490 e. The van der Waals surface area contributed by atoms with Gasteiger partial charge in [-0.1, -0.05) is 0 Å². The number of anilines is 1. The van der Waals surface area contributed by atoms with Crippen molar-refractivity contribution in [3.05, 3.63) is 12.5 Å². The third-order valence-corrected chi connectivity index (χ3v) is 4.10. The van der Waals surface area contributed by atoms with Gasteiger partial charge in [0, 0.05) is 11.7 Å². The lowest BCUT2D eigenvalue weighted by Gasteiger charge is -2.25. The largest absolute Gasteiger partial charge is 0.490 e. The smallest absolute Gasteiger partial charge is 0.423 e. The Morgan fingerprint density at radius 3 is 2.74 bits per heavy atom. The van der Waals surface area contributed by atoms with Gasteiger partial charge in [0.05, 0.1) is 12.0 Å². The molecule has 9 nitrogen and oxygen atoms in total. The molecule has 1 aliphatic heterocycles. The zero-order chi connectivity index (χ0) is 16.9. The average molecular weight is 326 g/mol. The zero-order valence-electron chi connectivity index (χ0n) is 12.2. The van der Waals surface area contributed by atoms with Crippen LogP contribution in [0.4, 0.5) is 10.2 Å². The minimum absolute atomic E-state index is 0.00494. The van der Waals surface area contributed by atoms with Crippen molar-refractivity contribution < 1.29 is 29.4 Å². The molecule has 1 aliphatic rings. The van der Waals surface area contributed by atoms with E-state index in [1.54, 1.807) is 0 Å². The summed E-state index contributed by atoms with van der Waals surface area (Å²) in [6, 6.07) is 0. The minimum atomic E-state index is -2.24. The van der Waals surface area contributed by atoms with E-state index in [9.17, 15) is 24.7 Å². The Morgan fingerprint density at radius 1 is 1.48 bits per heavy atom. The first-order valence-electron chi connectivity index (χ1n) is 6.89. The van der Waals surface area contributed by atoms with Crippen LogP contribution in [0.1, 0.15) is 13.2 Å². The number of hydrogen-bond acceptors (Lipinski definition) is 8. The number of fused-ring (bicyclic) bond motifs is 1. The molecule has 0 bridgehead atoms. The van der Waals surface area contributed by atoms with Crippen LogP contribution in [0, 0.1) is 0 Å². The SMILES string of the molecule is C[C@@]1(F)[C@H](O)[C@@H](CO)O[C@H]1n1cc(B(O)O)c2c(N)ncnc21. The van der Waals surface area contributed by atoms with E-state index in [0.717, 1.165) is 13.3 Å². The number of halogens is 1. The van der Waals surface area contributed by atoms with E-state index in [1.807, 2.05) is 0 Å². The van der Waals surface area contributed by atoms with E-state index in [0.29, 0.717) is 0 Å². The molecule has 0 spiro atoms. The molecular weight excluding hydrogens is 310 g/mol. The molecule has 3 heterocycles. The van der Waals surface area contributed by atoms with E-state index in [2.05, 4.69) is 9.97 Å². The molecule has 0 saturated carbocycles. The van der Waals surface area contributed by atoms with Gasteiger partial charge in [0.1, 0.15) is 30.0 Å². The molecule has 3 rings (SSSR count). The molecule has 1 fully saturated rings. The number of rotatable bonds is 3. The second kappa shape index (κ2) is 5.39. The van der Waals surface area contributed by atoms with E-state index in [4.69, 9.17) is 10.5 Å². The molecule has 2 aromatic heterocycles. The summed E-state index contributed by atoms with van der Waals surface area (Å²) in [7, 11) is -1.88. The lowest BCUT2D eigenvalue weighted by molar-refractivity contribution is -0.0563. The van der Waals surface area contributed by atoms with Gasteiger partial charge in [-0.05, 0) is 6.92 Å². The summed E-state index contributed by atoms with van der Waals surface area (Å²) in [6.45, 7) is 0.562. The lowest BCUT2D eigenvalue weighted by atomic mass is 9.80. The highest BCUT2D eigenvalue weighted by molar-refractivity contribution is 6.62. The van der Waals surface area contributed by atoms with Gasteiger partial charge >= 0.3 is 7.12 Å². The van der Waals surface area contributed by atoms with Gasteiger partial charge in [0.15, 0.2) is 11.9 Å². The molecule has 124 valence electrons. The standard InChI is InChI=1S/C12H16BFN4O5/c1-12(14)8(20)6(3-19)23-11(12)18-2-5(13(21)22)7-9(15)16-4-17-10(7)18/h2,4,6,8,11,19-22H,3H2,1H3,(H2,15,16,17)/t6-,8-,11-,12-/m1/s1. The van der Waals surface area contributed by atoms with Crippen LogP contribution in [-0.2, 0) is 4.74 Å². The Bertz CT molecular complexity index is 740. The average Bonchev–Trinajstić information content (AvgIpc) is 2.97. The summed E-state index contributed by atoms with van der Waals surface area (Å²) in [6.07, 6.45) is -1.63. The molecular formula is C12H16BFN4O5. The monoisotopic (exact) mass is 326 g/mol. The molecule has 0 aromatic carbocycles. The highest BCUT2D eigenvalue weighted by Crippen LogP contribution is 2.42. The van der Waals surface area contributed by atoms with Gasteiger partial charge in [-0.25, -0.2) is 14.4 Å². The number of hydrogen-bond donors (Lipinski definition) is 5. The highest BCUT2D eigenvalue weighted by atomic mass is 19.1. The Kier molecular flexibility index (Phi) is 3.77. The number of ether oxygens (including phenoxy) is 1. The topological polar surface area (TPSA) is 147 Å². The maximum absolute atomic E-state index is 14.9. The molecule has 23 heavy (non-hydrogen) atoms. The van der Waals surface area contributed by atoms with Gasteiger partial charge < -0.3 is 35.3 Å². The number of nitrogen functional groups attached to an aromatic ring is 1. The first-order valence-corrected chi connectivity index (χ1v) is 6.89. The number of aliphatic hydroxyl groups excluding tert-OH is 2. The Hall–Kier alpha value is -1.79. The summed E-state index contributed by atoms with van der Waals surface area (Å²) in [5.41, 5.74) is 3.62. The van der Waals surface area contributed by atoms with Crippen molar-refractivity contribution in [2.45, 2.75) is 31.0 Å². The van der Waals surface area contributed by atoms with Crippen molar-refractivity contribution in [3.8, 4) is 0 Å². The van der Waals surface area contributed by atoms with E-state index < -0.39 is 37.8 Å². The first-order chi connectivity index (χ1) is 10.8. The third-order valence-electron chi connectivity index (χ3n) is 4.10. The van der Waals surface area contributed by atoms with E-state index >= 15 is 0 Å². The molecule has 0 unspecified atom stereocenters. The predicted octanol–water partition coefficient (Wildman–Crippen LogP) is -2.33. The van der Waals surface area contributed by atoms with Crippen LogP contribution in [0.15, 0.2) is 12.5 Å². The van der Waals surface area contributed by atoms with E-state index in [1.165, 1.54) is 10.8 Å². The van der Waals surface area contributed by atoms with Crippen LogP contribution in [0.2, 0.25) is 0 Å². The third kappa shape index (κ3) is 2.28. The Morgan fingerprint density at radius 2 is 2.17 bits per heavy atom. The van der Waals surface area contributed by atoms with Crippen molar-refractivity contribution in [2.75, 3.05) is 12.3 Å². The molecule has 4 atom stereocenters. The molecule has 2 aromatic rings. The summed E-state index contributed by atoms with van der Waals surface area (Å²) in [4.78, 5) is 7.77. The zero-order valence-corrected chi connectivity index (χ0v) is 12.2. The first kappa shape index (κ1) is 16.1.